The Morgan fingerprint density at radius 3 is 1.47 bits per heavy atom. The van der Waals surface area contributed by atoms with E-state index in [1.165, 1.54) is 0 Å². The second-order valence-electron chi connectivity index (χ2n) is 7.41. The van der Waals surface area contributed by atoms with Crippen LogP contribution in [0.5, 0.6) is 11.5 Å². The van der Waals surface area contributed by atoms with Crippen molar-refractivity contribution in [3.63, 3.8) is 0 Å². The highest BCUT2D eigenvalue weighted by molar-refractivity contribution is 5.90. The normalized spacial score (nSPS) is 11.6. The van der Waals surface area contributed by atoms with Crippen LogP contribution in [0.1, 0.15) is 47.2 Å². The van der Waals surface area contributed by atoms with Crippen molar-refractivity contribution in [3.8, 4) is 11.5 Å². The molecule has 4 heteroatoms. The van der Waals surface area contributed by atoms with Crippen LogP contribution in [0.25, 0.3) is 0 Å². The summed E-state index contributed by atoms with van der Waals surface area (Å²) in [6.45, 7) is 7.95. The number of hydrogen-bond acceptors (Lipinski definition) is 4. The number of aryl methyl sites for hydroxylation is 4. The maximum atomic E-state index is 10.4. The van der Waals surface area contributed by atoms with Crippen LogP contribution < -0.4 is 0 Å². The van der Waals surface area contributed by atoms with Gasteiger partial charge < -0.3 is 10.2 Å². The van der Waals surface area contributed by atoms with E-state index in [1.807, 2.05) is 62.4 Å². The first-order chi connectivity index (χ1) is 14.4. The van der Waals surface area contributed by atoms with E-state index in [2.05, 4.69) is 23.8 Å². The fraction of sp³-hybridized carbons (Fsp3) is 0.231. The molecular weight excluding hydrogens is 372 g/mol. The average molecular weight is 401 g/mol. The molecule has 0 amide bonds. The van der Waals surface area contributed by atoms with Crippen molar-refractivity contribution in [1.29, 1.82) is 0 Å². The van der Waals surface area contributed by atoms with Gasteiger partial charge in [0.25, 0.3) is 0 Å². The maximum absolute atomic E-state index is 10.4. The van der Waals surface area contributed by atoms with Crippen LogP contribution in [0, 0.1) is 13.8 Å². The molecular formula is C26H28N2O2. The molecule has 0 aliphatic rings. The van der Waals surface area contributed by atoms with Gasteiger partial charge in [0.1, 0.15) is 11.5 Å². The van der Waals surface area contributed by atoms with Crippen molar-refractivity contribution in [1.82, 2.24) is 0 Å². The van der Waals surface area contributed by atoms with E-state index in [-0.39, 0.29) is 11.5 Å². The van der Waals surface area contributed by atoms with Gasteiger partial charge in [0.15, 0.2) is 0 Å². The number of benzene rings is 3. The number of aliphatic imine (C=N–C) groups is 2. The second kappa shape index (κ2) is 9.40. The summed E-state index contributed by atoms with van der Waals surface area (Å²) in [7, 11) is 0. The van der Waals surface area contributed by atoms with Gasteiger partial charge in [0, 0.05) is 23.6 Å². The van der Waals surface area contributed by atoms with Crippen LogP contribution in [0.4, 0.5) is 11.4 Å². The van der Waals surface area contributed by atoms with Gasteiger partial charge >= 0.3 is 0 Å². The highest BCUT2D eigenvalue weighted by Crippen LogP contribution is 2.30. The van der Waals surface area contributed by atoms with Gasteiger partial charge in [0.2, 0.25) is 0 Å². The zero-order chi connectivity index (χ0) is 21.7. The summed E-state index contributed by atoms with van der Waals surface area (Å²) in [5.74, 6) is 0.488. The first kappa shape index (κ1) is 21.3. The first-order valence-electron chi connectivity index (χ1n) is 10.2. The molecule has 4 nitrogen and oxygen atoms in total. The minimum Gasteiger partial charge on any atom is -0.507 e. The molecule has 0 heterocycles. The summed E-state index contributed by atoms with van der Waals surface area (Å²) in [5.41, 5.74) is 6.74. The number of phenols is 2. The lowest BCUT2D eigenvalue weighted by atomic mass is 10.0. The number of rotatable bonds is 6. The van der Waals surface area contributed by atoms with Crippen molar-refractivity contribution in [2.45, 2.75) is 40.5 Å². The lowest BCUT2D eigenvalue weighted by Crippen LogP contribution is -1.91. The molecule has 0 aliphatic carbocycles. The van der Waals surface area contributed by atoms with Gasteiger partial charge in [0.05, 0.1) is 11.4 Å². The molecule has 0 radical (unpaired) electrons. The third kappa shape index (κ3) is 4.77. The van der Waals surface area contributed by atoms with E-state index < -0.39 is 0 Å². The summed E-state index contributed by atoms with van der Waals surface area (Å²) in [6, 6.07) is 15.4. The minimum absolute atomic E-state index is 0.244. The van der Waals surface area contributed by atoms with Gasteiger partial charge in [-0.15, -0.1) is 0 Å². The van der Waals surface area contributed by atoms with E-state index in [0.717, 1.165) is 35.1 Å². The molecule has 0 spiro atoms. The second-order valence-corrected chi connectivity index (χ2v) is 7.41. The highest BCUT2D eigenvalue weighted by Gasteiger charge is 2.07. The first-order valence-corrected chi connectivity index (χ1v) is 10.2. The maximum Gasteiger partial charge on any atom is 0.127 e. The lowest BCUT2D eigenvalue weighted by Gasteiger charge is -2.07. The third-order valence-corrected chi connectivity index (χ3v) is 5.16. The summed E-state index contributed by atoms with van der Waals surface area (Å²) >= 11 is 0. The molecule has 154 valence electrons. The summed E-state index contributed by atoms with van der Waals surface area (Å²) in [5, 5.41) is 20.7. The Bertz CT molecular complexity index is 1030. The van der Waals surface area contributed by atoms with Crippen molar-refractivity contribution in [2.75, 3.05) is 0 Å². The van der Waals surface area contributed by atoms with Crippen molar-refractivity contribution in [3.05, 3.63) is 81.9 Å². The summed E-state index contributed by atoms with van der Waals surface area (Å²) in [4.78, 5) is 9.16. The SMILES string of the molecule is CCc1cc(C)c(O)c(C=Nc2ccccc2N=Cc2cc(CC)cc(C)c2O)c1. The van der Waals surface area contributed by atoms with E-state index in [4.69, 9.17) is 0 Å². The van der Waals surface area contributed by atoms with Gasteiger partial charge in [-0.3, -0.25) is 9.98 Å². The molecule has 0 saturated carbocycles. The number of aromatic hydroxyl groups is 2. The van der Waals surface area contributed by atoms with E-state index in [1.54, 1.807) is 12.4 Å². The molecule has 0 aromatic heterocycles. The quantitative estimate of drug-likeness (QED) is 0.474. The largest absolute Gasteiger partial charge is 0.507 e. The molecule has 0 unspecified atom stereocenters. The number of phenolic OH excluding ortho intramolecular Hbond substituents is 2. The Labute approximate surface area is 178 Å². The topological polar surface area (TPSA) is 65.2 Å². The lowest BCUT2D eigenvalue weighted by molar-refractivity contribution is 0.469. The smallest absolute Gasteiger partial charge is 0.127 e. The van der Waals surface area contributed by atoms with E-state index in [0.29, 0.717) is 22.5 Å². The minimum atomic E-state index is 0.244. The zero-order valence-corrected chi connectivity index (χ0v) is 18.0. The van der Waals surface area contributed by atoms with Crippen molar-refractivity contribution in [2.24, 2.45) is 9.98 Å². The van der Waals surface area contributed by atoms with Crippen molar-refractivity contribution < 1.29 is 10.2 Å². The Hall–Kier alpha value is -3.40. The fourth-order valence-electron chi connectivity index (χ4n) is 3.33. The zero-order valence-electron chi connectivity index (χ0n) is 18.0. The number of hydrogen-bond donors (Lipinski definition) is 2. The van der Waals surface area contributed by atoms with Gasteiger partial charge in [-0.1, -0.05) is 38.1 Å². The number of nitrogens with zero attached hydrogens (tertiary/aromatic N) is 2. The van der Waals surface area contributed by atoms with Crippen LogP contribution in [-0.2, 0) is 12.8 Å². The van der Waals surface area contributed by atoms with Gasteiger partial charge in [-0.2, -0.15) is 0 Å². The van der Waals surface area contributed by atoms with Crippen LogP contribution in [-0.4, -0.2) is 22.6 Å². The molecule has 0 atom stereocenters. The van der Waals surface area contributed by atoms with Crippen LogP contribution in [0.3, 0.4) is 0 Å². The monoisotopic (exact) mass is 400 g/mol. The Morgan fingerprint density at radius 1 is 0.700 bits per heavy atom. The highest BCUT2D eigenvalue weighted by atomic mass is 16.3. The van der Waals surface area contributed by atoms with Gasteiger partial charge in [-0.25, -0.2) is 0 Å². The summed E-state index contributed by atoms with van der Waals surface area (Å²) < 4.78 is 0. The molecule has 0 fully saturated rings. The molecule has 3 aromatic rings. The number of para-hydroxylation sites is 2. The standard InChI is InChI=1S/C26H28N2O2/c1-5-19-11-17(3)25(29)21(13-19)15-27-23-9-7-8-10-24(23)28-16-22-14-20(6-2)12-18(4)26(22)30/h7-16,29-30H,5-6H2,1-4H3. The van der Waals surface area contributed by atoms with Gasteiger partial charge in [-0.05, 0) is 73.2 Å². The summed E-state index contributed by atoms with van der Waals surface area (Å²) in [6.07, 6.45) is 5.13. The fourth-order valence-corrected chi connectivity index (χ4v) is 3.33. The molecule has 0 aliphatic heterocycles. The van der Waals surface area contributed by atoms with Crippen LogP contribution in [0.2, 0.25) is 0 Å². The van der Waals surface area contributed by atoms with Crippen LogP contribution in [0.15, 0.2) is 58.5 Å². The molecule has 30 heavy (non-hydrogen) atoms. The molecule has 3 rings (SSSR count). The van der Waals surface area contributed by atoms with Crippen LogP contribution >= 0.6 is 0 Å². The Morgan fingerprint density at radius 2 is 1.10 bits per heavy atom. The average Bonchev–Trinajstić information content (AvgIpc) is 2.76. The van der Waals surface area contributed by atoms with E-state index in [9.17, 15) is 10.2 Å². The molecule has 0 saturated heterocycles. The molecule has 0 bridgehead atoms. The van der Waals surface area contributed by atoms with Crippen molar-refractivity contribution >= 4 is 23.8 Å². The Balaban J connectivity index is 1.95. The predicted molar refractivity (Wildman–Crippen MR) is 125 cm³/mol. The predicted octanol–water partition coefficient (Wildman–Crippen LogP) is 6.34. The van der Waals surface area contributed by atoms with E-state index >= 15 is 0 Å². The molecule has 3 aromatic carbocycles. The molecule has 2 N–H and O–H groups in total. The Kier molecular flexibility index (Phi) is 6.68. The third-order valence-electron chi connectivity index (χ3n) is 5.16.